The molecule has 0 aromatic carbocycles. The number of alkyl carbamates (subject to hydrolysis) is 1. The van der Waals surface area contributed by atoms with Gasteiger partial charge in [-0.25, -0.2) is 13.6 Å². The Morgan fingerprint density at radius 2 is 1.90 bits per heavy atom. The van der Waals surface area contributed by atoms with Crippen molar-refractivity contribution < 1.29 is 23.1 Å². The number of halogens is 2. The molecule has 0 aliphatic heterocycles. The van der Waals surface area contributed by atoms with Crippen molar-refractivity contribution in [2.45, 2.75) is 51.6 Å². The van der Waals surface area contributed by atoms with Gasteiger partial charge < -0.3 is 15.0 Å². The van der Waals surface area contributed by atoms with Gasteiger partial charge in [0.05, 0.1) is 0 Å². The molecular weight excluding hydrogens is 282 g/mol. The van der Waals surface area contributed by atoms with Gasteiger partial charge in [0.25, 0.3) is 0 Å². The summed E-state index contributed by atoms with van der Waals surface area (Å²) >= 11 is 0. The molecule has 1 fully saturated rings. The van der Waals surface area contributed by atoms with E-state index in [2.05, 4.69) is 5.32 Å². The van der Waals surface area contributed by atoms with Crippen molar-refractivity contribution in [2.24, 2.45) is 5.92 Å². The third kappa shape index (κ3) is 6.27. The van der Waals surface area contributed by atoms with Gasteiger partial charge in [-0.3, -0.25) is 4.79 Å². The van der Waals surface area contributed by atoms with Crippen LogP contribution >= 0.6 is 0 Å². The highest BCUT2D eigenvalue weighted by atomic mass is 19.3. The van der Waals surface area contributed by atoms with Crippen LogP contribution in [0.1, 0.15) is 40.0 Å². The van der Waals surface area contributed by atoms with Gasteiger partial charge in [-0.05, 0) is 27.2 Å². The number of carbonyl (C=O) groups is 2. The van der Waals surface area contributed by atoms with Gasteiger partial charge in [0, 0.05) is 38.9 Å². The second kappa shape index (κ2) is 6.58. The van der Waals surface area contributed by atoms with Gasteiger partial charge in [-0.15, -0.1) is 0 Å². The summed E-state index contributed by atoms with van der Waals surface area (Å²) in [5.74, 6) is -3.50. The van der Waals surface area contributed by atoms with Gasteiger partial charge in [0.15, 0.2) is 0 Å². The van der Waals surface area contributed by atoms with Crippen molar-refractivity contribution in [3.8, 4) is 0 Å². The number of nitrogens with zero attached hydrogens (tertiary/aromatic N) is 1. The van der Waals surface area contributed by atoms with Crippen LogP contribution in [0.2, 0.25) is 0 Å². The summed E-state index contributed by atoms with van der Waals surface area (Å²) in [6, 6.07) is 0. The molecule has 0 atom stereocenters. The minimum absolute atomic E-state index is 0.252. The van der Waals surface area contributed by atoms with E-state index in [9.17, 15) is 18.4 Å². The maximum atomic E-state index is 12.7. The van der Waals surface area contributed by atoms with Crippen LogP contribution in [0.15, 0.2) is 0 Å². The summed E-state index contributed by atoms with van der Waals surface area (Å²) in [7, 11) is 1.59. The van der Waals surface area contributed by atoms with Crippen molar-refractivity contribution in [1.29, 1.82) is 0 Å². The third-order valence-electron chi connectivity index (χ3n) is 3.15. The maximum Gasteiger partial charge on any atom is 0.407 e. The molecule has 0 heterocycles. The largest absolute Gasteiger partial charge is 0.444 e. The molecule has 1 aliphatic carbocycles. The summed E-state index contributed by atoms with van der Waals surface area (Å²) in [4.78, 5) is 24.6. The number of rotatable bonds is 5. The second-order valence-corrected chi connectivity index (χ2v) is 6.50. The van der Waals surface area contributed by atoms with Gasteiger partial charge in [0.1, 0.15) is 5.60 Å². The highest BCUT2D eigenvalue weighted by molar-refractivity contribution is 5.79. The molecule has 1 N–H and O–H groups in total. The summed E-state index contributed by atoms with van der Waals surface area (Å²) < 4.78 is 30.5. The van der Waals surface area contributed by atoms with Crippen LogP contribution in [0.25, 0.3) is 0 Å². The lowest BCUT2D eigenvalue weighted by Crippen LogP contribution is -2.46. The Hall–Kier alpha value is -1.40. The van der Waals surface area contributed by atoms with Crippen molar-refractivity contribution >= 4 is 12.0 Å². The van der Waals surface area contributed by atoms with Gasteiger partial charge >= 0.3 is 6.09 Å². The SMILES string of the molecule is CN(CCCNC(=O)OC(C)(C)C)C(=O)C1CC(F)(F)C1. The molecule has 1 aliphatic rings. The number of hydrogen-bond donors (Lipinski definition) is 1. The molecular formula is C14H24F2N2O3. The van der Waals surface area contributed by atoms with Crippen LogP contribution in [0.3, 0.4) is 0 Å². The van der Waals surface area contributed by atoms with Gasteiger partial charge in [-0.2, -0.15) is 0 Å². The predicted octanol–water partition coefficient (Wildman–Crippen LogP) is 2.40. The van der Waals surface area contributed by atoms with Crippen LogP contribution in [-0.4, -0.2) is 48.6 Å². The molecule has 1 saturated carbocycles. The number of amides is 2. The highest BCUT2D eigenvalue weighted by Gasteiger charge is 2.49. The van der Waals surface area contributed by atoms with Crippen molar-refractivity contribution in [1.82, 2.24) is 10.2 Å². The molecule has 0 aromatic heterocycles. The van der Waals surface area contributed by atoms with Crippen LogP contribution in [-0.2, 0) is 9.53 Å². The van der Waals surface area contributed by atoms with Crippen molar-refractivity contribution in [3.05, 3.63) is 0 Å². The smallest absolute Gasteiger partial charge is 0.407 e. The van der Waals surface area contributed by atoms with Crippen LogP contribution in [0, 0.1) is 5.92 Å². The molecule has 0 radical (unpaired) electrons. The summed E-state index contributed by atoms with van der Waals surface area (Å²) in [6.45, 7) is 6.10. The van der Waals surface area contributed by atoms with E-state index in [1.807, 2.05) is 0 Å². The van der Waals surface area contributed by atoms with E-state index in [0.29, 0.717) is 19.5 Å². The molecule has 2 amide bonds. The fourth-order valence-corrected chi connectivity index (χ4v) is 2.08. The zero-order chi connectivity index (χ0) is 16.3. The molecule has 5 nitrogen and oxygen atoms in total. The first-order chi connectivity index (χ1) is 9.50. The lowest BCUT2D eigenvalue weighted by Gasteiger charge is -2.36. The number of alkyl halides is 2. The molecule has 21 heavy (non-hydrogen) atoms. The Kier molecular flexibility index (Phi) is 5.53. The Morgan fingerprint density at radius 3 is 2.38 bits per heavy atom. The molecule has 122 valence electrons. The minimum atomic E-state index is -2.68. The first-order valence-corrected chi connectivity index (χ1v) is 7.10. The predicted molar refractivity (Wildman–Crippen MR) is 74.2 cm³/mol. The second-order valence-electron chi connectivity index (χ2n) is 6.50. The number of carbonyl (C=O) groups excluding carboxylic acids is 2. The van der Waals surface area contributed by atoms with E-state index in [1.165, 1.54) is 4.90 Å². The third-order valence-corrected chi connectivity index (χ3v) is 3.15. The molecule has 0 bridgehead atoms. The Balaban J connectivity index is 2.15. The van der Waals surface area contributed by atoms with E-state index in [4.69, 9.17) is 4.74 Å². The van der Waals surface area contributed by atoms with Gasteiger partial charge in [0.2, 0.25) is 11.8 Å². The van der Waals surface area contributed by atoms with Crippen molar-refractivity contribution in [3.63, 3.8) is 0 Å². The molecule has 1 rings (SSSR count). The van der Waals surface area contributed by atoms with Crippen molar-refractivity contribution in [2.75, 3.05) is 20.1 Å². The first kappa shape index (κ1) is 17.7. The van der Waals surface area contributed by atoms with E-state index in [1.54, 1.807) is 27.8 Å². The molecule has 0 saturated heterocycles. The summed E-state index contributed by atoms with van der Waals surface area (Å²) in [6.07, 6.45) is -0.668. The average Bonchev–Trinajstić information content (AvgIpc) is 2.28. The fraction of sp³-hybridized carbons (Fsp3) is 0.857. The fourth-order valence-electron chi connectivity index (χ4n) is 2.08. The zero-order valence-corrected chi connectivity index (χ0v) is 13.0. The average molecular weight is 306 g/mol. The first-order valence-electron chi connectivity index (χ1n) is 7.10. The number of ether oxygens (including phenoxy) is 1. The van der Waals surface area contributed by atoms with E-state index in [0.717, 1.165) is 0 Å². The minimum Gasteiger partial charge on any atom is -0.444 e. The summed E-state index contributed by atoms with van der Waals surface area (Å²) in [5, 5.41) is 2.58. The lowest BCUT2D eigenvalue weighted by molar-refractivity contribution is -0.158. The number of nitrogens with one attached hydrogen (secondary N) is 1. The lowest BCUT2D eigenvalue weighted by atomic mass is 9.80. The normalized spacial score (nSPS) is 17.8. The molecule has 0 spiro atoms. The molecule has 7 heteroatoms. The zero-order valence-electron chi connectivity index (χ0n) is 13.0. The topological polar surface area (TPSA) is 58.6 Å². The molecule has 0 aromatic rings. The van der Waals surface area contributed by atoms with Crippen LogP contribution in [0.4, 0.5) is 13.6 Å². The standard InChI is InChI=1S/C14H24F2N2O3/c1-13(2,3)21-12(20)17-6-5-7-18(4)11(19)10-8-14(15,16)9-10/h10H,5-9H2,1-4H3,(H,17,20). The quantitative estimate of drug-likeness (QED) is 0.794. The van der Waals surface area contributed by atoms with E-state index in [-0.39, 0.29) is 18.7 Å². The van der Waals surface area contributed by atoms with E-state index < -0.39 is 23.5 Å². The van der Waals surface area contributed by atoms with Crippen LogP contribution in [0.5, 0.6) is 0 Å². The Labute approximate surface area is 124 Å². The Bertz CT molecular complexity index is 386. The summed E-state index contributed by atoms with van der Waals surface area (Å²) in [5.41, 5.74) is -0.549. The van der Waals surface area contributed by atoms with Crippen LogP contribution < -0.4 is 5.32 Å². The number of hydrogen-bond acceptors (Lipinski definition) is 3. The monoisotopic (exact) mass is 306 g/mol. The molecule has 0 unspecified atom stereocenters. The van der Waals surface area contributed by atoms with Gasteiger partial charge in [-0.1, -0.05) is 0 Å². The highest BCUT2D eigenvalue weighted by Crippen LogP contribution is 2.43. The van der Waals surface area contributed by atoms with E-state index >= 15 is 0 Å². The Morgan fingerprint density at radius 1 is 1.33 bits per heavy atom. The maximum absolute atomic E-state index is 12.7.